The number of ether oxygens (including phenoxy) is 1. The van der Waals surface area contributed by atoms with Crippen LogP contribution in [0.5, 0.6) is 5.75 Å². The summed E-state index contributed by atoms with van der Waals surface area (Å²) in [6.07, 6.45) is 0. The van der Waals surface area contributed by atoms with Crippen molar-refractivity contribution < 1.29 is 9.13 Å². The molecule has 0 bridgehead atoms. The molecule has 2 aromatic carbocycles. The van der Waals surface area contributed by atoms with Gasteiger partial charge in [0.2, 0.25) is 0 Å². The van der Waals surface area contributed by atoms with Crippen molar-refractivity contribution in [3.05, 3.63) is 53.8 Å². The predicted molar refractivity (Wildman–Crippen MR) is 80.6 cm³/mol. The lowest BCUT2D eigenvalue weighted by Gasteiger charge is -2.28. The molecule has 0 saturated carbocycles. The molecule has 2 rings (SSSR count). The van der Waals surface area contributed by atoms with Gasteiger partial charge in [-0.1, -0.05) is 18.2 Å². The summed E-state index contributed by atoms with van der Waals surface area (Å²) in [4.78, 5) is 1.99. The third kappa shape index (κ3) is 2.69. The topological polar surface area (TPSA) is 38.5 Å². The van der Waals surface area contributed by atoms with E-state index in [2.05, 4.69) is 0 Å². The third-order valence-electron chi connectivity index (χ3n) is 3.56. The van der Waals surface area contributed by atoms with Crippen molar-refractivity contribution in [2.24, 2.45) is 0 Å². The second-order valence-corrected chi connectivity index (χ2v) is 4.73. The summed E-state index contributed by atoms with van der Waals surface area (Å²) in [5.41, 5.74) is 7.98. The molecule has 0 spiro atoms. The quantitative estimate of drug-likeness (QED) is 0.865. The van der Waals surface area contributed by atoms with E-state index >= 15 is 0 Å². The summed E-state index contributed by atoms with van der Waals surface area (Å²) in [5.74, 6) is 0.421. The molecule has 2 N–H and O–H groups in total. The van der Waals surface area contributed by atoms with Crippen molar-refractivity contribution in [2.45, 2.75) is 13.0 Å². The Labute approximate surface area is 118 Å². The SMILES string of the molecule is COc1cc(N(C)C(C)c2ccccc2F)ccc1N. The summed E-state index contributed by atoms with van der Waals surface area (Å²) in [6.45, 7) is 1.96. The van der Waals surface area contributed by atoms with E-state index in [1.807, 2.05) is 37.1 Å². The van der Waals surface area contributed by atoms with Gasteiger partial charge in [-0.3, -0.25) is 0 Å². The summed E-state index contributed by atoms with van der Waals surface area (Å²) in [6, 6.07) is 12.3. The Morgan fingerprint density at radius 2 is 1.90 bits per heavy atom. The first-order chi connectivity index (χ1) is 9.54. The molecule has 0 aliphatic carbocycles. The number of nitrogens with zero attached hydrogens (tertiary/aromatic N) is 1. The Morgan fingerprint density at radius 3 is 2.55 bits per heavy atom. The molecule has 0 aliphatic rings. The van der Waals surface area contributed by atoms with Gasteiger partial charge in [-0.15, -0.1) is 0 Å². The highest BCUT2D eigenvalue weighted by Crippen LogP contribution is 2.31. The molecule has 106 valence electrons. The van der Waals surface area contributed by atoms with Gasteiger partial charge in [-0.05, 0) is 25.1 Å². The minimum absolute atomic E-state index is 0.0930. The fourth-order valence-corrected chi connectivity index (χ4v) is 2.17. The monoisotopic (exact) mass is 274 g/mol. The number of halogens is 1. The van der Waals surface area contributed by atoms with Gasteiger partial charge >= 0.3 is 0 Å². The average Bonchev–Trinajstić information content (AvgIpc) is 2.47. The molecular formula is C16H19FN2O. The number of benzene rings is 2. The van der Waals surface area contributed by atoms with Crippen molar-refractivity contribution >= 4 is 11.4 Å². The number of anilines is 2. The lowest BCUT2D eigenvalue weighted by molar-refractivity contribution is 0.417. The molecule has 4 heteroatoms. The summed E-state index contributed by atoms with van der Waals surface area (Å²) < 4.78 is 19.1. The van der Waals surface area contributed by atoms with Gasteiger partial charge in [0.05, 0.1) is 18.8 Å². The number of methoxy groups -OCH3 is 1. The molecule has 0 heterocycles. The molecule has 0 aliphatic heterocycles. The Morgan fingerprint density at radius 1 is 1.20 bits per heavy atom. The van der Waals surface area contributed by atoms with Gasteiger partial charge in [-0.2, -0.15) is 0 Å². The van der Waals surface area contributed by atoms with E-state index in [-0.39, 0.29) is 11.9 Å². The Balaban J connectivity index is 2.31. The predicted octanol–water partition coefficient (Wildman–Crippen LogP) is 3.61. The first kappa shape index (κ1) is 14.2. The van der Waals surface area contributed by atoms with Gasteiger partial charge in [0.1, 0.15) is 11.6 Å². The van der Waals surface area contributed by atoms with Crippen LogP contribution >= 0.6 is 0 Å². The fraction of sp³-hybridized carbons (Fsp3) is 0.250. The van der Waals surface area contributed by atoms with Crippen molar-refractivity contribution in [1.29, 1.82) is 0 Å². The zero-order chi connectivity index (χ0) is 14.7. The van der Waals surface area contributed by atoms with Crippen LogP contribution in [0, 0.1) is 5.82 Å². The number of hydrogen-bond donors (Lipinski definition) is 1. The molecule has 1 unspecified atom stereocenters. The minimum Gasteiger partial charge on any atom is -0.495 e. The Bertz CT molecular complexity index is 601. The first-order valence-corrected chi connectivity index (χ1v) is 6.45. The van der Waals surface area contributed by atoms with Gasteiger partial charge in [0.25, 0.3) is 0 Å². The van der Waals surface area contributed by atoms with Crippen LogP contribution in [0.4, 0.5) is 15.8 Å². The number of hydrogen-bond acceptors (Lipinski definition) is 3. The molecule has 0 radical (unpaired) electrons. The molecule has 0 saturated heterocycles. The lowest BCUT2D eigenvalue weighted by atomic mass is 10.1. The van der Waals surface area contributed by atoms with Crippen LogP contribution in [-0.4, -0.2) is 14.2 Å². The zero-order valence-electron chi connectivity index (χ0n) is 11.9. The largest absolute Gasteiger partial charge is 0.495 e. The molecule has 20 heavy (non-hydrogen) atoms. The molecule has 0 fully saturated rings. The van der Waals surface area contributed by atoms with E-state index < -0.39 is 0 Å². The van der Waals surface area contributed by atoms with E-state index in [4.69, 9.17) is 10.5 Å². The van der Waals surface area contributed by atoms with Gasteiger partial charge in [0, 0.05) is 24.4 Å². The van der Waals surface area contributed by atoms with Gasteiger partial charge in [-0.25, -0.2) is 4.39 Å². The van der Waals surface area contributed by atoms with Gasteiger partial charge < -0.3 is 15.4 Å². The maximum absolute atomic E-state index is 13.9. The zero-order valence-corrected chi connectivity index (χ0v) is 11.9. The first-order valence-electron chi connectivity index (χ1n) is 6.45. The highest BCUT2D eigenvalue weighted by Gasteiger charge is 2.16. The van der Waals surface area contributed by atoms with Crippen molar-refractivity contribution in [3.63, 3.8) is 0 Å². The van der Waals surface area contributed by atoms with Gasteiger partial charge in [0.15, 0.2) is 0 Å². The number of nitrogens with two attached hydrogens (primary N) is 1. The average molecular weight is 274 g/mol. The van der Waals surface area contributed by atoms with Crippen molar-refractivity contribution in [3.8, 4) is 5.75 Å². The molecular weight excluding hydrogens is 255 g/mol. The molecule has 3 nitrogen and oxygen atoms in total. The number of rotatable bonds is 4. The van der Waals surface area contributed by atoms with Crippen molar-refractivity contribution in [1.82, 2.24) is 0 Å². The molecule has 0 amide bonds. The van der Waals surface area contributed by atoms with Crippen LogP contribution < -0.4 is 15.4 Å². The van der Waals surface area contributed by atoms with E-state index in [0.717, 1.165) is 5.69 Å². The Kier molecular flexibility index (Phi) is 4.13. The van der Waals surface area contributed by atoms with E-state index in [0.29, 0.717) is 17.0 Å². The van der Waals surface area contributed by atoms with E-state index in [1.54, 1.807) is 25.3 Å². The second kappa shape index (κ2) is 5.82. The van der Waals surface area contributed by atoms with Crippen LogP contribution in [0.3, 0.4) is 0 Å². The van der Waals surface area contributed by atoms with Crippen LogP contribution in [0.2, 0.25) is 0 Å². The molecule has 2 aromatic rings. The highest BCUT2D eigenvalue weighted by atomic mass is 19.1. The molecule has 0 aromatic heterocycles. The van der Waals surface area contributed by atoms with Crippen LogP contribution in [0.1, 0.15) is 18.5 Å². The van der Waals surface area contributed by atoms with E-state index in [9.17, 15) is 4.39 Å². The maximum Gasteiger partial charge on any atom is 0.143 e. The Hall–Kier alpha value is -2.23. The maximum atomic E-state index is 13.9. The minimum atomic E-state index is -0.200. The standard InChI is InChI=1S/C16H19FN2O/c1-11(13-6-4-5-7-14(13)17)19(2)12-8-9-15(18)16(10-12)20-3/h4-11H,18H2,1-3H3. The van der Waals surface area contributed by atoms with Crippen LogP contribution in [0.25, 0.3) is 0 Å². The highest BCUT2D eigenvalue weighted by molar-refractivity contribution is 5.62. The lowest BCUT2D eigenvalue weighted by Crippen LogP contribution is -2.22. The third-order valence-corrected chi connectivity index (χ3v) is 3.56. The smallest absolute Gasteiger partial charge is 0.143 e. The number of nitrogen functional groups attached to an aromatic ring is 1. The molecule has 1 atom stereocenters. The van der Waals surface area contributed by atoms with E-state index in [1.165, 1.54) is 6.07 Å². The summed E-state index contributed by atoms with van der Waals surface area (Å²) >= 11 is 0. The van der Waals surface area contributed by atoms with Crippen molar-refractivity contribution in [2.75, 3.05) is 24.8 Å². The second-order valence-electron chi connectivity index (χ2n) is 4.73. The normalized spacial score (nSPS) is 12.0. The summed E-state index contributed by atoms with van der Waals surface area (Å²) in [7, 11) is 3.50. The van der Waals surface area contributed by atoms with Crippen LogP contribution in [-0.2, 0) is 0 Å². The fourth-order valence-electron chi connectivity index (χ4n) is 2.17. The van der Waals surface area contributed by atoms with Crippen LogP contribution in [0.15, 0.2) is 42.5 Å². The summed E-state index contributed by atoms with van der Waals surface area (Å²) in [5, 5.41) is 0.